The SMILES string of the molecule is CC/C=C(\C=C/CNC(=O)NS(=O)c1ccc(Cl)s1)n1ccc2cc(NC)c(F)cc2c1=O. The van der Waals surface area contributed by atoms with E-state index in [1.165, 1.54) is 10.6 Å². The fraction of sp³-hybridized carbons (Fsp3) is 0.182. The van der Waals surface area contributed by atoms with E-state index >= 15 is 0 Å². The molecule has 1 aromatic carbocycles. The fourth-order valence-corrected chi connectivity index (χ4v) is 5.16. The van der Waals surface area contributed by atoms with Crippen molar-refractivity contribution >= 4 is 62.1 Å². The molecule has 0 spiro atoms. The van der Waals surface area contributed by atoms with Crippen LogP contribution >= 0.6 is 22.9 Å². The van der Waals surface area contributed by atoms with Gasteiger partial charge in [0.2, 0.25) is 0 Å². The maximum absolute atomic E-state index is 14.2. The molecule has 0 bridgehead atoms. The molecule has 0 saturated heterocycles. The molecule has 2 aromatic heterocycles. The molecule has 0 aliphatic heterocycles. The highest BCUT2D eigenvalue weighted by Gasteiger charge is 2.11. The van der Waals surface area contributed by atoms with Gasteiger partial charge in [-0.3, -0.25) is 14.1 Å². The molecule has 3 aromatic rings. The number of carbonyl (C=O) groups excluding carboxylic acids is 1. The monoisotopic (exact) mass is 508 g/mol. The molecule has 1 atom stereocenters. The first kappa shape index (κ1) is 24.7. The number of carbonyl (C=O) groups is 1. The van der Waals surface area contributed by atoms with Gasteiger partial charge < -0.3 is 10.6 Å². The molecular formula is C22H22ClFN4O3S2. The number of hydrogen-bond donors (Lipinski definition) is 3. The van der Waals surface area contributed by atoms with Crippen LogP contribution in [0.4, 0.5) is 14.9 Å². The number of thiophene rings is 1. The van der Waals surface area contributed by atoms with Crippen LogP contribution in [-0.4, -0.2) is 28.4 Å². The molecule has 3 rings (SSSR count). The Labute approximate surface area is 201 Å². The Balaban J connectivity index is 1.70. The topological polar surface area (TPSA) is 92.2 Å². The molecule has 1 unspecified atom stereocenters. The summed E-state index contributed by atoms with van der Waals surface area (Å²) in [4.78, 5) is 24.9. The van der Waals surface area contributed by atoms with E-state index in [0.717, 1.165) is 11.3 Å². The Bertz CT molecular complexity index is 1320. The molecule has 0 aliphatic rings. The van der Waals surface area contributed by atoms with Crippen LogP contribution in [-0.2, 0) is 11.0 Å². The average molecular weight is 509 g/mol. The van der Waals surface area contributed by atoms with Gasteiger partial charge in [0.05, 0.1) is 15.4 Å². The molecule has 7 nitrogen and oxygen atoms in total. The number of pyridine rings is 1. The number of rotatable bonds is 8. The Kier molecular flexibility index (Phi) is 8.43. The standard InChI is InChI=1S/C22H22ClFN4O3S2/c1-3-5-15(6-4-10-26-22(30)27-33(31)20-8-7-19(23)32-20)28-11-9-14-12-18(25-2)17(24)13-16(14)21(28)29/h4-9,11-13,25H,3,10H2,1-2H3,(H2,26,27,30)/b6-4-,15-5+. The maximum Gasteiger partial charge on any atom is 0.327 e. The molecule has 33 heavy (non-hydrogen) atoms. The lowest BCUT2D eigenvalue weighted by molar-refractivity contribution is 0.247. The average Bonchev–Trinajstić information content (AvgIpc) is 3.23. The Morgan fingerprint density at radius 2 is 2.09 bits per heavy atom. The number of anilines is 1. The minimum Gasteiger partial charge on any atom is -0.386 e. The summed E-state index contributed by atoms with van der Waals surface area (Å²) in [6.07, 6.45) is 7.48. The van der Waals surface area contributed by atoms with Crippen molar-refractivity contribution in [2.24, 2.45) is 0 Å². The zero-order valence-electron chi connectivity index (χ0n) is 17.9. The molecule has 3 N–H and O–H groups in total. The summed E-state index contributed by atoms with van der Waals surface area (Å²) in [5, 5.41) is 6.22. The van der Waals surface area contributed by atoms with Crippen molar-refractivity contribution in [3.05, 3.63) is 75.3 Å². The maximum atomic E-state index is 14.2. The summed E-state index contributed by atoms with van der Waals surface area (Å²) < 4.78 is 30.9. The second-order valence-corrected chi connectivity index (χ2v) is 9.89. The number of halogens is 2. The summed E-state index contributed by atoms with van der Waals surface area (Å²) in [7, 11) is -0.0915. The van der Waals surface area contributed by atoms with E-state index in [2.05, 4.69) is 15.4 Å². The van der Waals surface area contributed by atoms with Gasteiger partial charge in [-0.1, -0.05) is 30.7 Å². The van der Waals surface area contributed by atoms with Crippen LogP contribution in [0.5, 0.6) is 0 Å². The number of amides is 2. The van der Waals surface area contributed by atoms with E-state index in [9.17, 15) is 18.2 Å². The first-order chi connectivity index (χ1) is 15.8. The van der Waals surface area contributed by atoms with Crippen molar-refractivity contribution in [1.82, 2.24) is 14.6 Å². The first-order valence-corrected chi connectivity index (χ1v) is 12.3. The Hall–Kier alpha value is -2.95. The van der Waals surface area contributed by atoms with Gasteiger partial charge in [0.15, 0.2) is 11.0 Å². The lowest BCUT2D eigenvalue weighted by Gasteiger charge is -2.10. The fourth-order valence-electron chi connectivity index (χ4n) is 3.02. The van der Waals surface area contributed by atoms with Gasteiger partial charge in [-0.05, 0) is 48.2 Å². The molecule has 0 fully saturated rings. The largest absolute Gasteiger partial charge is 0.386 e. The predicted octanol–water partition coefficient (Wildman–Crippen LogP) is 4.73. The highest BCUT2D eigenvalue weighted by atomic mass is 35.5. The van der Waals surface area contributed by atoms with Crippen LogP contribution in [0.25, 0.3) is 16.5 Å². The van der Waals surface area contributed by atoms with Crippen LogP contribution < -0.4 is 20.9 Å². The van der Waals surface area contributed by atoms with Crippen molar-refractivity contribution in [2.45, 2.75) is 17.6 Å². The van der Waals surface area contributed by atoms with E-state index in [1.807, 2.05) is 13.0 Å². The van der Waals surface area contributed by atoms with Crippen LogP contribution in [0.1, 0.15) is 13.3 Å². The van der Waals surface area contributed by atoms with Gasteiger partial charge in [0.1, 0.15) is 10.0 Å². The summed E-state index contributed by atoms with van der Waals surface area (Å²) >= 11 is 6.93. The third kappa shape index (κ3) is 6.10. The summed E-state index contributed by atoms with van der Waals surface area (Å²) in [6.45, 7) is 2.06. The zero-order valence-corrected chi connectivity index (χ0v) is 20.2. The van der Waals surface area contributed by atoms with Gasteiger partial charge >= 0.3 is 6.03 Å². The van der Waals surface area contributed by atoms with Crippen LogP contribution in [0.3, 0.4) is 0 Å². The lowest BCUT2D eigenvalue weighted by Crippen LogP contribution is -2.36. The number of allylic oxidation sites excluding steroid dienone is 3. The molecule has 0 saturated carbocycles. The van der Waals surface area contributed by atoms with Crippen molar-refractivity contribution in [1.29, 1.82) is 0 Å². The molecule has 174 valence electrons. The lowest BCUT2D eigenvalue weighted by atomic mass is 10.1. The van der Waals surface area contributed by atoms with Crippen LogP contribution in [0.2, 0.25) is 4.34 Å². The summed E-state index contributed by atoms with van der Waals surface area (Å²) in [5.74, 6) is -0.506. The minimum atomic E-state index is -1.70. The first-order valence-electron chi connectivity index (χ1n) is 9.95. The smallest absolute Gasteiger partial charge is 0.327 e. The molecule has 11 heteroatoms. The van der Waals surface area contributed by atoms with Gasteiger partial charge in [-0.25, -0.2) is 13.4 Å². The second kappa shape index (κ2) is 11.3. The highest BCUT2D eigenvalue weighted by Crippen LogP contribution is 2.23. The normalized spacial score (nSPS) is 12.8. The minimum absolute atomic E-state index is 0.137. The molecule has 2 heterocycles. The number of aromatic nitrogens is 1. The van der Waals surface area contributed by atoms with E-state index in [-0.39, 0.29) is 17.5 Å². The number of nitrogens with zero attached hydrogens (tertiary/aromatic N) is 1. The van der Waals surface area contributed by atoms with E-state index in [1.54, 1.807) is 49.7 Å². The van der Waals surface area contributed by atoms with Crippen molar-refractivity contribution < 1.29 is 13.4 Å². The van der Waals surface area contributed by atoms with Crippen molar-refractivity contribution in [2.75, 3.05) is 18.9 Å². The molecular weight excluding hydrogens is 487 g/mol. The number of hydrogen-bond acceptors (Lipinski definition) is 5. The summed E-state index contributed by atoms with van der Waals surface area (Å²) in [6, 6.07) is 7.13. The van der Waals surface area contributed by atoms with E-state index in [0.29, 0.717) is 31.7 Å². The molecule has 0 aliphatic carbocycles. The van der Waals surface area contributed by atoms with Crippen LogP contribution in [0, 0.1) is 5.82 Å². The zero-order chi connectivity index (χ0) is 24.0. The van der Waals surface area contributed by atoms with Crippen LogP contribution in [0.15, 0.2) is 63.8 Å². The highest BCUT2D eigenvalue weighted by molar-refractivity contribution is 7.86. The predicted molar refractivity (Wildman–Crippen MR) is 134 cm³/mol. The summed E-state index contributed by atoms with van der Waals surface area (Å²) in [5.41, 5.74) is 0.548. The molecule has 2 amide bonds. The van der Waals surface area contributed by atoms with Crippen molar-refractivity contribution in [3.8, 4) is 0 Å². The van der Waals surface area contributed by atoms with Gasteiger partial charge in [0, 0.05) is 25.5 Å². The number of benzene rings is 1. The number of urea groups is 1. The third-order valence-electron chi connectivity index (χ3n) is 4.54. The third-order valence-corrected chi connectivity index (χ3v) is 7.14. The van der Waals surface area contributed by atoms with Gasteiger partial charge in [-0.15, -0.1) is 11.3 Å². The van der Waals surface area contributed by atoms with E-state index in [4.69, 9.17) is 11.6 Å². The van der Waals surface area contributed by atoms with E-state index < -0.39 is 22.8 Å². The number of fused-ring (bicyclic) bond motifs is 1. The Morgan fingerprint density at radius 1 is 1.30 bits per heavy atom. The molecule has 0 radical (unpaired) electrons. The quantitative estimate of drug-likeness (QED) is 0.384. The van der Waals surface area contributed by atoms with Crippen molar-refractivity contribution in [3.63, 3.8) is 0 Å². The second-order valence-electron chi connectivity index (χ2n) is 6.74. The Morgan fingerprint density at radius 3 is 2.76 bits per heavy atom. The van der Waals surface area contributed by atoms with Gasteiger partial charge in [-0.2, -0.15) is 0 Å². The number of nitrogens with one attached hydrogen (secondary N) is 3. The van der Waals surface area contributed by atoms with Gasteiger partial charge in [0.25, 0.3) is 5.56 Å².